The number of carbonyl (C=O) groups is 2. The molecule has 0 radical (unpaired) electrons. The fourth-order valence-corrected chi connectivity index (χ4v) is 5.19. The number of aliphatic hydroxyl groups excluding tert-OH is 1. The summed E-state index contributed by atoms with van der Waals surface area (Å²) in [4.78, 5) is 24.4. The molecule has 2 heterocycles. The van der Waals surface area contributed by atoms with Gasteiger partial charge in [-0.15, -0.1) is 11.8 Å². The standard InChI is InChI=1S/C10H12BrNO4S2/c1-4(13)5-7(14)12-6(9(15)16)10(17-3-2-11)18-8(5)12/h4-5,8,13H,2-3H2,1H3,(H,15,16)/t4?,5?,8-/m1/s1. The van der Waals surface area contributed by atoms with Crippen LogP contribution in [0.3, 0.4) is 0 Å². The molecule has 0 bridgehead atoms. The van der Waals surface area contributed by atoms with Gasteiger partial charge in [-0.05, 0) is 6.92 Å². The first-order chi connectivity index (χ1) is 8.49. The zero-order chi connectivity index (χ0) is 13.4. The van der Waals surface area contributed by atoms with Crippen LogP contribution >= 0.6 is 39.5 Å². The zero-order valence-corrected chi connectivity index (χ0v) is 12.7. The second kappa shape index (κ2) is 5.44. The van der Waals surface area contributed by atoms with Crippen LogP contribution in [0.1, 0.15) is 6.92 Å². The number of alkyl halides is 1. The normalized spacial score (nSPS) is 28.2. The molecule has 0 aromatic carbocycles. The third-order valence-corrected chi connectivity index (χ3v) is 6.36. The Morgan fingerprint density at radius 3 is 2.83 bits per heavy atom. The van der Waals surface area contributed by atoms with Crippen molar-refractivity contribution in [1.29, 1.82) is 0 Å². The molecule has 2 unspecified atom stereocenters. The minimum atomic E-state index is -1.08. The number of amides is 1. The van der Waals surface area contributed by atoms with Crippen LogP contribution in [0.25, 0.3) is 0 Å². The smallest absolute Gasteiger partial charge is 0.354 e. The van der Waals surface area contributed by atoms with Crippen molar-refractivity contribution < 1.29 is 19.8 Å². The van der Waals surface area contributed by atoms with Crippen LogP contribution < -0.4 is 0 Å². The molecule has 0 aromatic rings. The quantitative estimate of drug-likeness (QED) is 0.572. The second-order valence-corrected chi connectivity index (χ2v) is 7.25. The minimum Gasteiger partial charge on any atom is -0.477 e. The van der Waals surface area contributed by atoms with E-state index < -0.39 is 18.0 Å². The number of halogens is 1. The molecule has 2 N–H and O–H groups in total. The summed E-state index contributed by atoms with van der Waals surface area (Å²) in [5.74, 6) is -1.13. The second-order valence-electron chi connectivity index (χ2n) is 3.96. The number of fused-ring (bicyclic) bond motifs is 1. The van der Waals surface area contributed by atoms with Crippen LogP contribution in [-0.4, -0.2) is 49.6 Å². The Bertz CT molecular complexity index is 426. The van der Waals surface area contributed by atoms with Crippen LogP contribution in [0.15, 0.2) is 9.93 Å². The maximum absolute atomic E-state index is 11.9. The summed E-state index contributed by atoms with van der Waals surface area (Å²) in [7, 11) is 0. The highest BCUT2D eigenvalue weighted by Gasteiger charge is 2.57. The Labute approximate surface area is 121 Å². The van der Waals surface area contributed by atoms with Crippen LogP contribution in [0.2, 0.25) is 0 Å². The van der Waals surface area contributed by atoms with Crippen LogP contribution in [0.5, 0.6) is 0 Å². The van der Waals surface area contributed by atoms with Crippen molar-refractivity contribution in [2.24, 2.45) is 5.92 Å². The number of aliphatic carboxylic acids is 1. The topological polar surface area (TPSA) is 77.8 Å². The molecule has 18 heavy (non-hydrogen) atoms. The van der Waals surface area contributed by atoms with Crippen molar-refractivity contribution in [3.63, 3.8) is 0 Å². The zero-order valence-electron chi connectivity index (χ0n) is 9.50. The third-order valence-electron chi connectivity index (χ3n) is 2.78. The number of aliphatic hydroxyl groups is 1. The molecule has 0 aromatic heterocycles. The molecule has 2 rings (SSSR count). The van der Waals surface area contributed by atoms with Gasteiger partial charge >= 0.3 is 5.97 Å². The van der Waals surface area contributed by atoms with Gasteiger partial charge in [-0.1, -0.05) is 27.7 Å². The lowest BCUT2D eigenvalue weighted by Gasteiger charge is -2.43. The molecular weight excluding hydrogens is 342 g/mol. The average Bonchev–Trinajstić information content (AvgIpc) is 2.60. The Morgan fingerprint density at radius 1 is 1.67 bits per heavy atom. The van der Waals surface area contributed by atoms with Gasteiger partial charge < -0.3 is 10.2 Å². The van der Waals surface area contributed by atoms with Crippen molar-refractivity contribution >= 4 is 51.3 Å². The van der Waals surface area contributed by atoms with E-state index >= 15 is 0 Å². The molecule has 0 aliphatic carbocycles. The van der Waals surface area contributed by atoms with Gasteiger partial charge in [0.05, 0.1) is 16.3 Å². The van der Waals surface area contributed by atoms with Gasteiger partial charge in [0.25, 0.3) is 0 Å². The van der Waals surface area contributed by atoms with Crippen molar-refractivity contribution in [2.45, 2.75) is 18.4 Å². The fraction of sp³-hybridized carbons (Fsp3) is 0.600. The summed E-state index contributed by atoms with van der Waals surface area (Å²) >= 11 is 6.07. The molecule has 0 saturated carbocycles. The first-order valence-corrected chi connectivity index (χ1v) is 8.31. The first kappa shape index (κ1) is 14.2. The van der Waals surface area contributed by atoms with E-state index in [0.717, 1.165) is 11.1 Å². The van der Waals surface area contributed by atoms with Crippen molar-refractivity contribution in [3.8, 4) is 0 Å². The molecule has 0 spiro atoms. The van der Waals surface area contributed by atoms with E-state index in [0.29, 0.717) is 4.24 Å². The summed E-state index contributed by atoms with van der Waals surface area (Å²) in [5.41, 5.74) is 0.0675. The van der Waals surface area contributed by atoms with Gasteiger partial charge in [-0.3, -0.25) is 9.69 Å². The van der Waals surface area contributed by atoms with Gasteiger partial charge in [0.15, 0.2) is 5.70 Å². The van der Waals surface area contributed by atoms with E-state index in [-0.39, 0.29) is 17.0 Å². The molecule has 1 fully saturated rings. The number of rotatable bonds is 5. The van der Waals surface area contributed by atoms with Gasteiger partial charge in [0.1, 0.15) is 5.37 Å². The lowest BCUT2D eigenvalue weighted by molar-refractivity contribution is -0.156. The molecule has 5 nitrogen and oxygen atoms in total. The van der Waals surface area contributed by atoms with Gasteiger partial charge in [-0.2, -0.15) is 0 Å². The van der Waals surface area contributed by atoms with Crippen LogP contribution in [0, 0.1) is 5.92 Å². The molecule has 1 saturated heterocycles. The number of carboxylic acid groups (broad SMARTS) is 1. The Kier molecular flexibility index (Phi) is 4.30. The lowest BCUT2D eigenvalue weighted by atomic mass is 9.92. The molecule has 2 aliphatic rings. The number of hydrogen-bond donors (Lipinski definition) is 2. The summed E-state index contributed by atoms with van der Waals surface area (Å²) in [6.45, 7) is 1.56. The number of β-lactam (4-membered cyclic amide) rings is 1. The van der Waals surface area contributed by atoms with Gasteiger partial charge in [0.2, 0.25) is 5.91 Å². The van der Waals surface area contributed by atoms with E-state index in [1.54, 1.807) is 6.92 Å². The molecule has 2 aliphatic heterocycles. The maximum atomic E-state index is 11.9. The number of carbonyl (C=O) groups excluding carboxylic acids is 1. The minimum absolute atomic E-state index is 0.0675. The van der Waals surface area contributed by atoms with E-state index in [9.17, 15) is 19.8 Å². The number of thioether (sulfide) groups is 2. The van der Waals surface area contributed by atoms with E-state index in [1.165, 1.54) is 28.4 Å². The Balaban J connectivity index is 2.21. The Hall–Kier alpha value is -0.180. The van der Waals surface area contributed by atoms with E-state index in [1.807, 2.05) is 0 Å². The highest BCUT2D eigenvalue weighted by Crippen LogP contribution is 2.53. The van der Waals surface area contributed by atoms with Crippen LogP contribution in [-0.2, 0) is 9.59 Å². The number of hydrogen-bond acceptors (Lipinski definition) is 5. The largest absolute Gasteiger partial charge is 0.477 e. The number of nitrogens with zero attached hydrogens (tertiary/aromatic N) is 1. The van der Waals surface area contributed by atoms with E-state index in [4.69, 9.17) is 0 Å². The third kappa shape index (κ3) is 2.19. The van der Waals surface area contributed by atoms with Gasteiger partial charge in [-0.25, -0.2) is 4.79 Å². The summed E-state index contributed by atoms with van der Waals surface area (Å²) < 4.78 is 0.656. The highest BCUT2D eigenvalue weighted by molar-refractivity contribution is 9.09. The fourth-order valence-electron chi connectivity index (χ4n) is 1.98. The molecule has 1 amide bonds. The average molecular weight is 354 g/mol. The van der Waals surface area contributed by atoms with Crippen molar-refractivity contribution in [2.75, 3.05) is 11.1 Å². The monoisotopic (exact) mass is 353 g/mol. The maximum Gasteiger partial charge on any atom is 0.354 e. The van der Waals surface area contributed by atoms with Crippen LogP contribution in [0.4, 0.5) is 0 Å². The number of carboxylic acids is 1. The SMILES string of the molecule is CC(O)C1C(=O)N2C(C(=O)O)=C(SCCBr)S[C@H]12. The summed E-state index contributed by atoms with van der Waals surface area (Å²) in [5, 5.41) is 19.2. The van der Waals surface area contributed by atoms with Gasteiger partial charge in [0, 0.05) is 11.1 Å². The predicted molar refractivity (Wildman–Crippen MR) is 74.3 cm³/mol. The van der Waals surface area contributed by atoms with Crippen molar-refractivity contribution in [3.05, 3.63) is 9.93 Å². The molecule has 100 valence electrons. The molecule has 3 atom stereocenters. The highest BCUT2D eigenvalue weighted by atomic mass is 79.9. The van der Waals surface area contributed by atoms with Crippen molar-refractivity contribution in [1.82, 2.24) is 4.90 Å². The lowest BCUT2D eigenvalue weighted by Crippen LogP contribution is -2.60. The Morgan fingerprint density at radius 2 is 2.33 bits per heavy atom. The predicted octanol–water partition coefficient (Wildman–Crippen LogP) is 1.28. The summed E-state index contributed by atoms with van der Waals surface area (Å²) in [6, 6.07) is 0. The van der Waals surface area contributed by atoms with E-state index in [2.05, 4.69) is 15.9 Å². The molecule has 8 heteroatoms. The first-order valence-electron chi connectivity index (χ1n) is 5.33. The molecular formula is C10H12BrNO4S2. The summed E-state index contributed by atoms with van der Waals surface area (Å²) in [6.07, 6.45) is -0.748.